The van der Waals surface area contributed by atoms with E-state index in [1.807, 2.05) is 13.8 Å². The van der Waals surface area contributed by atoms with Crippen molar-refractivity contribution in [3.63, 3.8) is 0 Å². The molecular formula is C13H17N3O3. The lowest BCUT2D eigenvalue weighted by molar-refractivity contribution is -0.384. The highest BCUT2D eigenvalue weighted by atomic mass is 16.6. The van der Waals surface area contributed by atoms with E-state index in [-0.39, 0.29) is 11.6 Å². The third-order valence-corrected chi connectivity index (χ3v) is 3.55. The first-order chi connectivity index (χ1) is 8.92. The molecule has 1 aromatic rings. The number of carbonyl (C=O) groups excluding carboxylic acids is 1. The number of hydrogen-bond acceptors (Lipinski definition) is 4. The van der Waals surface area contributed by atoms with Gasteiger partial charge in [-0.05, 0) is 38.8 Å². The van der Waals surface area contributed by atoms with Crippen molar-refractivity contribution in [1.82, 2.24) is 5.32 Å². The molecule has 6 heteroatoms. The van der Waals surface area contributed by atoms with Crippen molar-refractivity contribution in [2.45, 2.75) is 32.2 Å². The number of aryl methyl sites for hydroxylation is 1. The van der Waals surface area contributed by atoms with E-state index in [0.717, 1.165) is 24.9 Å². The highest BCUT2D eigenvalue weighted by Crippen LogP contribution is 2.25. The molecule has 1 heterocycles. The number of nitrogens with zero attached hydrogens (tertiary/aromatic N) is 1. The molecule has 1 amide bonds. The number of hydrogen-bond donors (Lipinski definition) is 2. The van der Waals surface area contributed by atoms with E-state index in [1.165, 1.54) is 12.1 Å². The lowest BCUT2D eigenvalue weighted by atomic mass is 9.99. The van der Waals surface area contributed by atoms with Crippen LogP contribution in [0.2, 0.25) is 0 Å². The molecule has 0 aliphatic carbocycles. The number of nitro groups is 1. The minimum atomic E-state index is -0.586. The van der Waals surface area contributed by atoms with Crippen molar-refractivity contribution in [2.75, 3.05) is 11.9 Å². The van der Waals surface area contributed by atoms with Gasteiger partial charge in [0.15, 0.2) is 0 Å². The lowest BCUT2D eigenvalue weighted by Gasteiger charge is -2.23. The summed E-state index contributed by atoms with van der Waals surface area (Å²) in [6, 6.07) is 4.46. The van der Waals surface area contributed by atoms with Gasteiger partial charge in [-0.3, -0.25) is 14.9 Å². The Morgan fingerprint density at radius 2 is 2.26 bits per heavy atom. The predicted molar refractivity (Wildman–Crippen MR) is 72.1 cm³/mol. The number of anilines is 1. The molecule has 2 N–H and O–H groups in total. The second-order valence-corrected chi connectivity index (χ2v) is 5.07. The molecular weight excluding hydrogens is 246 g/mol. The summed E-state index contributed by atoms with van der Waals surface area (Å²) in [4.78, 5) is 22.5. The summed E-state index contributed by atoms with van der Waals surface area (Å²) < 4.78 is 0. The van der Waals surface area contributed by atoms with Crippen LogP contribution in [0.5, 0.6) is 0 Å². The molecule has 1 atom stereocenters. The Bertz CT molecular complexity index is 522. The number of amides is 1. The first kappa shape index (κ1) is 13.5. The van der Waals surface area contributed by atoms with Crippen LogP contribution in [0.4, 0.5) is 11.4 Å². The van der Waals surface area contributed by atoms with E-state index in [9.17, 15) is 14.9 Å². The standard InChI is InChI=1S/C13H17N3O3/c1-9-4-5-10(16(18)19)8-11(9)15-12(17)13(2)6-3-7-14-13/h4-5,8,14H,3,6-7H2,1-2H3,(H,15,17). The summed E-state index contributed by atoms with van der Waals surface area (Å²) in [5.41, 5.74) is 0.692. The largest absolute Gasteiger partial charge is 0.324 e. The van der Waals surface area contributed by atoms with Crippen LogP contribution < -0.4 is 10.6 Å². The highest BCUT2D eigenvalue weighted by molar-refractivity contribution is 5.98. The van der Waals surface area contributed by atoms with E-state index in [1.54, 1.807) is 6.07 Å². The van der Waals surface area contributed by atoms with Crippen LogP contribution in [-0.4, -0.2) is 22.9 Å². The number of benzene rings is 1. The molecule has 1 fully saturated rings. The Balaban J connectivity index is 2.20. The van der Waals surface area contributed by atoms with Crippen LogP contribution in [0.3, 0.4) is 0 Å². The van der Waals surface area contributed by atoms with Crippen LogP contribution in [0.15, 0.2) is 18.2 Å². The SMILES string of the molecule is Cc1ccc([N+](=O)[O-])cc1NC(=O)C1(C)CCCN1. The van der Waals surface area contributed by atoms with Gasteiger partial charge in [0.25, 0.3) is 5.69 Å². The van der Waals surface area contributed by atoms with Gasteiger partial charge in [0.2, 0.25) is 5.91 Å². The van der Waals surface area contributed by atoms with Crippen LogP contribution in [-0.2, 0) is 4.79 Å². The number of nitro benzene ring substituents is 1. The highest BCUT2D eigenvalue weighted by Gasteiger charge is 2.36. The van der Waals surface area contributed by atoms with E-state index < -0.39 is 10.5 Å². The Labute approximate surface area is 111 Å². The second-order valence-electron chi connectivity index (χ2n) is 5.07. The number of nitrogens with one attached hydrogen (secondary N) is 2. The summed E-state index contributed by atoms with van der Waals surface area (Å²) in [7, 11) is 0. The molecule has 0 radical (unpaired) electrons. The minimum Gasteiger partial charge on any atom is -0.324 e. The zero-order valence-corrected chi connectivity index (χ0v) is 11.0. The minimum absolute atomic E-state index is 0.0227. The maximum Gasteiger partial charge on any atom is 0.271 e. The molecule has 6 nitrogen and oxygen atoms in total. The molecule has 0 spiro atoms. The van der Waals surface area contributed by atoms with Crippen LogP contribution in [0.1, 0.15) is 25.3 Å². The van der Waals surface area contributed by atoms with Gasteiger partial charge in [0, 0.05) is 12.1 Å². The molecule has 1 aliphatic heterocycles. The molecule has 2 rings (SSSR count). The summed E-state index contributed by atoms with van der Waals surface area (Å²) in [5.74, 6) is -0.145. The van der Waals surface area contributed by atoms with E-state index in [0.29, 0.717) is 5.69 Å². The summed E-state index contributed by atoms with van der Waals surface area (Å²) in [6.07, 6.45) is 1.73. The van der Waals surface area contributed by atoms with Crippen molar-refractivity contribution in [3.05, 3.63) is 33.9 Å². The summed E-state index contributed by atoms with van der Waals surface area (Å²) in [5, 5.41) is 16.7. The van der Waals surface area contributed by atoms with Gasteiger partial charge in [0.05, 0.1) is 16.1 Å². The van der Waals surface area contributed by atoms with E-state index >= 15 is 0 Å². The van der Waals surface area contributed by atoms with Crippen LogP contribution >= 0.6 is 0 Å². The lowest BCUT2D eigenvalue weighted by Crippen LogP contribution is -2.48. The molecule has 0 bridgehead atoms. The van der Waals surface area contributed by atoms with E-state index in [2.05, 4.69) is 10.6 Å². The smallest absolute Gasteiger partial charge is 0.271 e. The van der Waals surface area contributed by atoms with Crippen LogP contribution in [0.25, 0.3) is 0 Å². The summed E-state index contributed by atoms with van der Waals surface area (Å²) >= 11 is 0. The predicted octanol–water partition coefficient (Wildman–Crippen LogP) is 1.98. The van der Waals surface area contributed by atoms with Crippen molar-refractivity contribution in [2.24, 2.45) is 0 Å². The van der Waals surface area contributed by atoms with Crippen molar-refractivity contribution in [3.8, 4) is 0 Å². The fourth-order valence-electron chi connectivity index (χ4n) is 2.21. The zero-order chi connectivity index (χ0) is 14.0. The first-order valence-corrected chi connectivity index (χ1v) is 6.24. The Kier molecular flexibility index (Phi) is 3.53. The monoisotopic (exact) mass is 263 g/mol. The average molecular weight is 263 g/mol. The maximum atomic E-state index is 12.2. The molecule has 19 heavy (non-hydrogen) atoms. The number of carbonyl (C=O) groups is 1. The van der Waals surface area contributed by atoms with Gasteiger partial charge < -0.3 is 10.6 Å². The normalized spacial score (nSPS) is 22.2. The number of non-ortho nitro benzene ring substituents is 1. The van der Waals surface area contributed by atoms with Crippen molar-refractivity contribution >= 4 is 17.3 Å². The molecule has 1 aliphatic rings. The van der Waals surface area contributed by atoms with Gasteiger partial charge in [-0.1, -0.05) is 6.07 Å². The molecule has 0 saturated carbocycles. The molecule has 0 aromatic heterocycles. The Morgan fingerprint density at radius 1 is 1.53 bits per heavy atom. The Hall–Kier alpha value is -1.95. The summed E-state index contributed by atoms with van der Waals surface area (Å²) in [6.45, 7) is 4.48. The van der Waals surface area contributed by atoms with Gasteiger partial charge in [-0.2, -0.15) is 0 Å². The third kappa shape index (κ3) is 2.73. The van der Waals surface area contributed by atoms with E-state index in [4.69, 9.17) is 0 Å². The molecule has 1 saturated heterocycles. The Morgan fingerprint density at radius 3 is 2.84 bits per heavy atom. The molecule has 1 unspecified atom stereocenters. The van der Waals surface area contributed by atoms with Gasteiger partial charge in [-0.15, -0.1) is 0 Å². The average Bonchev–Trinajstić information content (AvgIpc) is 2.80. The van der Waals surface area contributed by atoms with Crippen molar-refractivity contribution in [1.29, 1.82) is 0 Å². The van der Waals surface area contributed by atoms with Gasteiger partial charge in [-0.25, -0.2) is 0 Å². The molecule has 102 valence electrons. The van der Waals surface area contributed by atoms with Gasteiger partial charge >= 0.3 is 0 Å². The zero-order valence-electron chi connectivity index (χ0n) is 11.0. The van der Waals surface area contributed by atoms with Crippen LogP contribution in [0, 0.1) is 17.0 Å². The second kappa shape index (κ2) is 4.97. The van der Waals surface area contributed by atoms with Gasteiger partial charge in [0.1, 0.15) is 0 Å². The van der Waals surface area contributed by atoms with Crippen molar-refractivity contribution < 1.29 is 9.72 Å². The fraction of sp³-hybridized carbons (Fsp3) is 0.462. The topological polar surface area (TPSA) is 84.3 Å². The molecule has 1 aromatic carbocycles. The first-order valence-electron chi connectivity index (χ1n) is 6.24. The third-order valence-electron chi connectivity index (χ3n) is 3.55. The quantitative estimate of drug-likeness (QED) is 0.645. The number of rotatable bonds is 3. The fourth-order valence-corrected chi connectivity index (χ4v) is 2.21. The maximum absolute atomic E-state index is 12.2.